The van der Waals surface area contributed by atoms with E-state index >= 15 is 0 Å². The molecule has 3 heteroatoms. The van der Waals surface area contributed by atoms with Crippen LogP contribution in [0.5, 0.6) is 0 Å². The van der Waals surface area contributed by atoms with E-state index in [4.69, 9.17) is 0 Å². The Balaban J connectivity index is 0. The third kappa shape index (κ3) is 14.9. The number of carbonyl (C=O) groups excluding carboxylic acids is 1. The molecular formula is C10H19O2Zn+. The van der Waals surface area contributed by atoms with Crippen LogP contribution in [0.3, 0.4) is 0 Å². The first kappa shape index (κ1) is 15.6. The molecule has 2 nitrogen and oxygen atoms in total. The minimum atomic E-state index is -0.913. The van der Waals surface area contributed by atoms with Crippen LogP contribution in [-0.2, 0) is 24.3 Å². The number of hydrogen-bond donors (Lipinski definition) is 0. The van der Waals surface area contributed by atoms with Gasteiger partial charge in [0.05, 0.1) is 0 Å². The average molecular weight is 237 g/mol. The van der Waals surface area contributed by atoms with Gasteiger partial charge in [0.15, 0.2) is 0 Å². The summed E-state index contributed by atoms with van der Waals surface area (Å²) in [6, 6.07) is 0. The fourth-order valence-electron chi connectivity index (χ4n) is 1.23. The maximum Gasteiger partial charge on any atom is 2.00 e. The SMILES string of the molecule is CCCCCCCCCC(=O)[O-].[Zn+2]. The number of carboxylic acids is 1. The molecule has 0 aliphatic heterocycles. The molecule has 0 N–H and O–H groups in total. The Morgan fingerprint density at radius 2 is 1.46 bits per heavy atom. The molecule has 0 unspecified atom stereocenters. The minimum absolute atomic E-state index is 0. The first-order chi connectivity index (χ1) is 5.77. The molecule has 0 aromatic rings. The van der Waals surface area contributed by atoms with Gasteiger partial charge in [-0.1, -0.05) is 45.4 Å². The first-order valence-electron chi connectivity index (χ1n) is 4.97. The molecule has 0 rings (SSSR count). The van der Waals surface area contributed by atoms with Gasteiger partial charge in [-0.3, -0.25) is 0 Å². The number of rotatable bonds is 8. The van der Waals surface area contributed by atoms with Crippen molar-refractivity contribution in [1.82, 2.24) is 0 Å². The van der Waals surface area contributed by atoms with Crippen molar-refractivity contribution in [2.75, 3.05) is 0 Å². The van der Waals surface area contributed by atoms with E-state index in [2.05, 4.69) is 6.92 Å². The standard InChI is InChI=1S/C10H20O2.Zn/c1-2-3-4-5-6-7-8-9-10(11)12;/h2-9H2,1H3,(H,11,12);/q;+2/p-1. The Bertz CT molecular complexity index is 115. The van der Waals surface area contributed by atoms with Gasteiger partial charge in [0.2, 0.25) is 0 Å². The molecule has 0 amide bonds. The average Bonchev–Trinajstić information content (AvgIpc) is 2.02. The molecule has 13 heavy (non-hydrogen) atoms. The van der Waals surface area contributed by atoms with Crippen LogP contribution in [0, 0.1) is 0 Å². The van der Waals surface area contributed by atoms with Crippen LogP contribution in [-0.4, -0.2) is 5.97 Å². The van der Waals surface area contributed by atoms with E-state index in [0.29, 0.717) is 0 Å². The number of carbonyl (C=O) groups is 1. The van der Waals surface area contributed by atoms with E-state index in [-0.39, 0.29) is 25.9 Å². The van der Waals surface area contributed by atoms with E-state index in [9.17, 15) is 9.90 Å². The number of hydrogen-bond acceptors (Lipinski definition) is 2. The molecule has 0 aliphatic carbocycles. The molecule has 0 bridgehead atoms. The second kappa shape index (κ2) is 12.1. The Hall–Kier alpha value is 0.0934. The van der Waals surface area contributed by atoms with Crippen LogP contribution in [0.2, 0.25) is 0 Å². The van der Waals surface area contributed by atoms with Crippen LogP contribution in [0.4, 0.5) is 0 Å². The zero-order valence-electron chi connectivity index (χ0n) is 8.68. The monoisotopic (exact) mass is 235 g/mol. The van der Waals surface area contributed by atoms with Crippen LogP contribution in [0.1, 0.15) is 58.3 Å². The second-order valence-electron chi connectivity index (χ2n) is 3.24. The maximum absolute atomic E-state index is 10.0. The molecule has 0 radical (unpaired) electrons. The van der Waals surface area contributed by atoms with Gasteiger partial charge < -0.3 is 9.90 Å². The number of unbranched alkanes of at least 4 members (excludes halogenated alkanes) is 6. The van der Waals surface area contributed by atoms with Gasteiger partial charge in [-0.05, 0) is 12.8 Å². The predicted octanol–water partition coefficient (Wildman–Crippen LogP) is 1.87. The second-order valence-corrected chi connectivity index (χ2v) is 3.24. The zero-order valence-corrected chi connectivity index (χ0v) is 11.6. The summed E-state index contributed by atoms with van der Waals surface area (Å²) in [6.07, 6.45) is 8.34. The normalized spacial score (nSPS) is 9.31. The van der Waals surface area contributed by atoms with Gasteiger partial charge in [-0.25, -0.2) is 0 Å². The summed E-state index contributed by atoms with van der Waals surface area (Å²) >= 11 is 0. The summed E-state index contributed by atoms with van der Waals surface area (Å²) in [5.74, 6) is -0.913. The van der Waals surface area contributed by atoms with E-state index in [1.54, 1.807) is 0 Å². The Morgan fingerprint density at radius 1 is 1.00 bits per heavy atom. The van der Waals surface area contributed by atoms with Gasteiger partial charge in [0, 0.05) is 5.97 Å². The summed E-state index contributed by atoms with van der Waals surface area (Å²) in [5, 5.41) is 10.0. The van der Waals surface area contributed by atoms with Crippen molar-refractivity contribution in [3.05, 3.63) is 0 Å². The first-order valence-corrected chi connectivity index (χ1v) is 4.97. The maximum atomic E-state index is 10.0. The molecule has 0 fully saturated rings. The molecule has 0 spiro atoms. The summed E-state index contributed by atoms with van der Waals surface area (Å²) in [5.41, 5.74) is 0. The predicted molar refractivity (Wildman–Crippen MR) is 47.6 cm³/mol. The van der Waals surface area contributed by atoms with Gasteiger partial charge in [0.1, 0.15) is 0 Å². The Morgan fingerprint density at radius 3 is 1.92 bits per heavy atom. The van der Waals surface area contributed by atoms with Crippen molar-refractivity contribution >= 4 is 5.97 Å². The van der Waals surface area contributed by atoms with Crippen molar-refractivity contribution < 1.29 is 29.4 Å². The van der Waals surface area contributed by atoms with Gasteiger partial charge >= 0.3 is 19.5 Å². The van der Waals surface area contributed by atoms with E-state index in [1.165, 1.54) is 32.1 Å². The van der Waals surface area contributed by atoms with Crippen molar-refractivity contribution in [2.24, 2.45) is 0 Å². The topological polar surface area (TPSA) is 40.1 Å². The molecule has 0 saturated heterocycles. The van der Waals surface area contributed by atoms with Crippen molar-refractivity contribution in [3.63, 3.8) is 0 Å². The smallest absolute Gasteiger partial charge is 0.550 e. The van der Waals surface area contributed by atoms with E-state index in [0.717, 1.165) is 12.8 Å². The molecule has 0 aromatic carbocycles. The van der Waals surface area contributed by atoms with Crippen LogP contribution in [0.25, 0.3) is 0 Å². The van der Waals surface area contributed by atoms with E-state index in [1.807, 2.05) is 0 Å². The third-order valence-electron chi connectivity index (χ3n) is 1.98. The molecule has 0 atom stereocenters. The molecule has 72 valence electrons. The zero-order chi connectivity index (χ0) is 9.23. The van der Waals surface area contributed by atoms with Gasteiger partial charge in [-0.15, -0.1) is 0 Å². The number of carboxylic acid groups (broad SMARTS) is 1. The fraction of sp³-hybridized carbons (Fsp3) is 0.900. The number of aliphatic carboxylic acids is 1. The summed E-state index contributed by atoms with van der Waals surface area (Å²) < 4.78 is 0. The third-order valence-corrected chi connectivity index (χ3v) is 1.98. The molecule has 0 aromatic heterocycles. The van der Waals surface area contributed by atoms with Gasteiger partial charge in [-0.2, -0.15) is 0 Å². The van der Waals surface area contributed by atoms with Crippen LogP contribution in [0.15, 0.2) is 0 Å². The summed E-state index contributed by atoms with van der Waals surface area (Å²) in [6.45, 7) is 2.19. The van der Waals surface area contributed by atoms with Crippen LogP contribution < -0.4 is 5.11 Å². The largest absolute Gasteiger partial charge is 2.00 e. The molecule has 0 saturated carbocycles. The quantitative estimate of drug-likeness (QED) is 0.477. The summed E-state index contributed by atoms with van der Waals surface area (Å²) in [7, 11) is 0. The van der Waals surface area contributed by atoms with Gasteiger partial charge in [0.25, 0.3) is 0 Å². The Kier molecular flexibility index (Phi) is 14.5. The minimum Gasteiger partial charge on any atom is -0.550 e. The van der Waals surface area contributed by atoms with Crippen molar-refractivity contribution in [1.29, 1.82) is 0 Å². The summed E-state index contributed by atoms with van der Waals surface area (Å²) in [4.78, 5) is 10.0. The van der Waals surface area contributed by atoms with Crippen molar-refractivity contribution in [3.8, 4) is 0 Å². The molecule has 0 heterocycles. The van der Waals surface area contributed by atoms with Crippen LogP contribution >= 0.6 is 0 Å². The fourth-order valence-corrected chi connectivity index (χ4v) is 1.23. The molecular weight excluding hydrogens is 217 g/mol. The van der Waals surface area contributed by atoms with Crippen molar-refractivity contribution in [2.45, 2.75) is 58.3 Å². The Labute approximate surface area is 93.9 Å². The molecule has 0 aliphatic rings. The van der Waals surface area contributed by atoms with E-state index < -0.39 is 5.97 Å².